The van der Waals surface area contributed by atoms with Crippen molar-refractivity contribution in [1.82, 2.24) is 0 Å². The van der Waals surface area contributed by atoms with Crippen molar-refractivity contribution in [2.75, 3.05) is 0 Å². The summed E-state index contributed by atoms with van der Waals surface area (Å²) in [4.78, 5) is 0. The average molecular weight is 389 g/mol. The molecule has 0 saturated heterocycles. The third-order valence-corrected chi connectivity index (χ3v) is 14.2. The Morgan fingerprint density at radius 2 is 1.38 bits per heavy atom. The first-order valence-corrected chi connectivity index (χ1v) is 14.6. The number of benzene rings is 2. The molecule has 0 amide bonds. The van der Waals surface area contributed by atoms with E-state index in [0.29, 0.717) is 0 Å². The molecule has 0 saturated carbocycles. The normalized spacial score (nSPS) is 22.1. The van der Waals surface area contributed by atoms with Crippen molar-refractivity contribution in [3.63, 3.8) is 0 Å². The summed E-state index contributed by atoms with van der Waals surface area (Å²) in [6.45, 7) is 0. The van der Waals surface area contributed by atoms with Crippen LogP contribution in [0.5, 0.6) is 0 Å². The molecule has 1 heterocycles. The van der Waals surface area contributed by atoms with Gasteiger partial charge in [0.1, 0.15) is 0 Å². The fourth-order valence-corrected chi connectivity index (χ4v) is 9.82. The summed E-state index contributed by atoms with van der Waals surface area (Å²) in [7, 11) is 20.7. The molecule has 0 bridgehead atoms. The summed E-state index contributed by atoms with van der Waals surface area (Å²) >= 11 is -3.55. The molecule has 0 radical (unpaired) electrons. The molecule has 5 heteroatoms. The van der Waals surface area contributed by atoms with Crippen LogP contribution in [0.2, 0.25) is 0 Å². The number of allylic oxidation sites excluding steroid dienone is 2. The van der Waals surface area contributed by atoms with Gasteiger partial charge in [-0.3, -0.25) is 0 Å². The van der Waals surface area contributed by atoms with Gasteiger partial charge in [0.15, 0.2) is 0 Å². The molecule has 0 fully saturated rings. The Hall–Kier alpha value is -0.0657. The standard InChI is InChI=1S/C16H12P.3ClH.Ti/c1-3-7-13(8-4-1)15-11-12-16(17-15)14-9-5-2-6-10-14;;;;/h1-12H;3*1H;/q;;;;+3/p-3. The molecule has 1 aliphatic rings. The van der Waals surface area contributed by atoms with Crippen LogP contribution in [0.25, 0.3) is 0 Å². The van der Waals surface area contributed by atoms with E-state index in [1.54, 1.807) is 0 Å². The summed E-state index contributed by atoms with van der Waals surface area (Å²) in [5.41, 5.74) is 2.28. The number of hydrogen-bond donors (Lipinski definition) is 0. The number of halogens is 3. The molecule has 2 aromatic carbocycles. The molecule has 1 unspecified atom stereocenters. The predicted molar refractivity (Wildman–Crippen MR) is 92.3 cm³/mol. The van der Waals surface area contributed by atoms with Crippen molar-refractivity contribution in [2.45, 2.75) is 3.46 Å². The van der Waals surface area contributed by atoms with Crippen LogP contribution in [0.3, 0.4) is 0 Å². The molecule has 0 N–H and O–H groups in total. The number of rotatable bonds is 3. The van der Waals surface area contributed by atoms with Crippen molar-refractivity contribution >= 4 is 41.4 Å². The van der Waals surface area contributed by atoms with Gasteiger partial charge in [-0.1, -0.05) is 0 Å². The summed E-state index contributed by atoms with van der Waals surface area (Å²) < 4.78 is -0.461. The Labute approximate surface area is 141 Å². The van der Waals surface area contributed by atoms with Gasteiger partial charge in [0.25, 0.3) is 0 Å². The average Bonchev–Trinajstić information content (AvgIpc) is 2.95. The van der Waals surface area contributed by atoms with Crippen molar-refractivity contribution in [1.29, 1.82) is 0 Å². The van der Waals surface area contributed by atoms with E-state index < -0.39 is 16.9 Å². The monoisotopic (exact) mass is 388 g/mol. The molecule has 2 aromatic rings. The van der Waals surface area contributed by atoms with E-state index in [9.17, 15) is 0 Å². The van der Waals surface area contributed by atoms with E-state index in [0.717, 1.165) is 13.8 Å². The third-order valence-electron chi connectivity index (χ3n) is 3.49. The van der Waals surface area contributed by atoms with Crippen molar-refractivity contribution < 1.29 is 13.4 Å². The van der Waals surface area contributed by atoms with Crippen LogP contribution in [-0.2, 0) is 16.9 Å². The molecule has 3 rings (SSSR count). The van der Waals surface area contributed by atoms with Gasteiger partial charge < -0.3 is 0 Å². The van der Waals surface area contributed by atoms with Crippen LogP contribution in [0.1, 0.15) is 11.1 Å². The molecule has 0 nitrogen and oxygen atoms in total. The molecule has 1 aliphatic heterocycles. The Bertz CT molecular complexity index is 692. The SMILES string of the molecule is [Cl][Ti]([Cl])([Cl])[C]1(c2ccccc2)C=CC(c2ccccc2)=P1. The van der Waals surface area contributed by atoms with Crippen molar-refractivity contribution in [2.24, 2.45) is 0 Å². The van der Waals surface area contributed by atoms with E-state index in [-0.39, 0.29) is 0 Å². The zero-order chi connectivity index (χ0) is 14.9. The van der Waals surface area contributed by atoms with E-state index in [4.69, 9.17) is 27.9 Å². The van der Waals surface area contributed by atoms with Gasteiger partial charge in [-0.2, -0.15) is 0 Å². The molecule has 0 aliphatic carbocycles. The summed E-state index contributed by atoms with van der Waals surface area (Å²) in [5.74, 6) is 0. The summed E-state index contributed by atoms with van der Waals surface area (Å²) in [5, 5.41) is 1.21. The molecular formula is C16H12Cl3PTi. The van der Waals surface area contributed by atoms with Gasteiger partial charge in [0.2, 0.25) is 0 Å². The van der Waals surface area contributed by atoms with Crippen LogP contribution in [0.4, 0.5) is 0 Å². The third kappa shape index (κ3) is 3.04. The first-order chi connectivity index (χ1) is 10.0. The van der Waals surface area contributed by atoms with Gasteiger partial charge in [-0.25, -0.2) is 0 Å². The van der Waals surface area contributed by atoms with Crippen LogP contribution >= 0.6 is 36.1 Å². The predicted octanol–water partition coefficient (Wildman–Crippen LogP) is 6.19. The summed E-state index contributed by atoms with van der Waals surface area (Å²) in [6, 6.07) is 20.4. The van der Waals surface area contributed by atoms with E-state index in [1.165, 1.54) is 10.9 Å². The van der Waals surface area contributed by atoms with Crippen LogP contribution in [-0.4, -0.2) is 5.29 Å². The van der Waals surface area contributed by atoms with E-state index >= 15 is 0 Å². The van der Waals surface area contributed by atoms with Crippen LogP contribution < -0.4 is 0 Å². The topological polar surface area (TPSA) is 0 Å². The maximum atomic E-state index is 6.53. The van der Waals surface area contributed by atoms with E-state index in [2.05, 4.69) is 36.4 Å². The van der Waals surface area contributed by atoms with Gasteiger partial charge >= 0.3 is 142 Å². The van der Waals surface area contributed by atoms with Crippen LogP contribution in [0.15, 0.2) is 72.8 Å². The van der Waals surface area contributed by atoms with E-state index in [1.807, 2.05) is 36.4 Å². The molecule has 106 valence electrons. The minimum atomic E-state index is -3.55. The zero-order valence-corrected chi connectivity index (χ0v) is 15.7. The quantitative estimate of drug-likeness (QED) is 0.434. The fraction of sp³-hybridized carbons (Fsp3) is 0.0625. The Balaban J connectivity index is 2.14. The molecule has 0 spiro atoms. The second kappa shape index (κ2) is 6.21. The van der Waals surface area contributed by atoms with Crippen molar-refractivity contribution in [3.05, 3.63) is 83.9 Å². The Morgan fingerprint density at radius 1 is 0.810 bits per heavy atom. The van der Waals surface area contributed by atoms with Gasteiger partial charge in [-0.15, -0.1) is 0 Å². The first-order valence-electron chi connectivity index (χ1n) is 6.50. The fourth-order valence-electron chi connectivity index (χ4n) is 2.41. The molecule has 0 aromatic heterocycles. The molecule has 21 heavy (non-hydrogen) atoms. The molecular weight excluding hydrogens is 377 g/mol. The zero-order valence-electron chi connectivity index (χ0n) is 11.0. The Kier molecular flexibility index (Phi) is 4.67. The second-order valence-corrected chi connectivity index (χ2v) is 19.1. The van der Waals surface area contributed by atoms with Gasteiger partial charge in [0, 0.05) is 0 Å². The van der Waals surface area contributed by atoms with Gasteiger partial charge in [-0.05, 0) is 0 Å². The minimum absolute atomic E-state index is 0.461. The summed E-state index contributed by atoms with van der Waals surface area (Å²) in [6.07, 6.45) is 4.20. The van der Waals surface area contributed by atoms with Crippen LogP contribution in [0, 0.1) is 0 Å². The first kappa shape index (κ1) is 15.8. The number of hydrogen-bond acceptors (Lipinski definition) is 0. The van der Waals surface area contributed by atoms with Gasteiger partial charge in [0.05, 0.1) is 0 Å². The second-order valence-electron chi connectivity index (χ2n) is 4.83. The molecule has 1 atom stereocenters. The Morgan fingerprint density at radius 3 is 1.95 bits per heavy atom. The van der Waals surface area contributed by atoms with Crippen molar-refractivity contribution in [3.8, 4) is 0 Å². The maximum absolute atomic E-state index is 6.53.